The summed E-state index contributed by atoms with van der Waals surface area (Å²) in [5.74, 6) is 0.0191. The molecule has 110 valence electrons. The van der Waals surface area contributed by atoms with Gasteiger partial charge in [0.15, 0.2) is 0 Å². The first kappa shape index (κ1) is 14.8. The summed E-state index contributed by atoms with van der Waals surface area (Å²) in [6.45, 7) is 2.26. The highest BCUT2D eigenvalue weighted by atomic mass is 16.5. The molecule has 1 atom stereocenters. The lowest BCUT2D eigenvalue weighted by Gasteiger charge is -2.23. The summed E-state index contributed by atoms with van der Waals surface area (Å²) in [7, 11) is 1.63. The molecule has 0 aromatic heterocycles. The third kappa shape index (κ3) is 4.44. The Morgan fingerprint density at radius 2 is 2.16 bits per heavy atom. The molecule has 19 heavy (non-hydrogen) atoms. The second-order valence-corrected chi connectivity index (χ2v) is 5.64. The summed E-state index contributed by atoms with van der Waals surface area (Å²) in [5.41, 5.74) is 0.188. The van der Waals surface area contributed by atoms with E-state index in [2.05, 4.69) is 10.6 Å². The summed E-state index contributed by atoms with van der Waals surface area (Å²) < 4.78 is 11.1. The van der Waals surface area contributed by atoms with E-state index in [9.17, 15) is 4.79 Å². The lowest BCUT2D eigenvalue weighted by atomic mass is 9.98. The van der Waals surface area contributed by atoms with Gasteiger partial charge in [-0.3, -0.25) is 4.79 Å². The van der Waals surface area contributed by atoms with Crippen LogP contribution < -0.4 is 10.6 Å². The smallest absolute Gasteiger partial charge is 0.234 e. The molecule has 2 fully saturated rings. The molecule has 0 aromatic rings. The van der Waals surface area contributed by atoms with Crippen LogP contribution in [0.5, 0.6) is 0 Å². The second kappa shape index (κ2) is 7.22. The topological polar surface area (TPSA) is 59.6 Å². The van der Waals surface area contributed by atoms with Gasteiger partial charge in [-0.15, -0.1) is 0 Å². The van der Waals surface area contributed by atoms with Gasteiger partial charge in [-0.1, -0.05) is 12.8 Å². The van der Waals surface area contributed by atoms with Crippen molar-refractivity contribution in [3.05, 3.63) is 0 Å². The highest BCUT2D eigenvalue weighted by Gasteiger charge is 2.41. The van der Waals surface area contributed by atoms with Crippen LogP contribution in [0, 0.1) is 0 Å². The Kier molecular flexibility index (Phi) is 5.60. The molecule has 1 aliphatic heterocycles. The third-order valence-corrected chi connectivity index (χ3v) is 4.14. The zero-order valence-electron chi connectivity index (χ0n) is 11.9. The lowest BCUT2D eigenvalue weighted by Crippen LogP contribution is -2.39. The molecule has 0 bridgehead atoms. The van der Waals surface area contributed by atoms with Crippen LogP contribution in [0.25, 0.3) is 0 Å². The number of methoxy groups -OCH3 is 1. The molecule has 1 saturated carbocycles. The minimum atomic E-state index is 0.0191. The first-order valence-electron chi connectivity index (χ1n) is 7.38. The van der Waals surface area contributed by atoms with Gasteiger partial charge in [0.05, 0.1) is 24.9 Å². The normalized spacial score (nSPS) is 25.0. The third-order valence-electron chi connectivity index (χ3n) is 4.14. The first-order chi connectivity index (χ1) is 9.24. The number of hydrogen-bond acceptors (Lipinski definition) is 4. The van der Waals surface area contributed by atoms with Gasteiger partial charge >= 0.3 is 0 Å². The van der Waals surface area contributed by atoms with E-state index in [4.69, 9.17) is 9.47 Å². The van der Waals surface area contributed by atoms with Crippen LogP contribution in [-0.4, -0.2) is 51.0 Å². The van der Waals surface area contributed by atoms with Crippen molar-refractivity contribution in [3.8, 4) is 0 Å². The molecule has 1 unspecified atom stereocenters. The average Bonchev–Trinajstić information content (AvgIpc) is 3.01. The van der Waals surface area contributed by atoms with Crippen molar-refractivity contribution in [1.29, 1.82) is 0 Å². The molecule has 1 saturated heterocycles. The molecule has 1 spiro atoms. The Balaban J connectivity index is 1.55. The van der Waals surface area contributed by atoms with E-state index in [-0.39, 0.29) is 17.6 Å². The fraction of sp³-hybridized carbons (Fsp3) is 0.929. The number of carbonyl (C=O) groups is 1. The van der Waals surface area contributed by atoms with E-state index in [1.54, 1.807) is 7.11 Å². The molecule has 2 N–H and O–H groups in total. The van der Waals surface area contributed by atoms with Crippen LogP contribution in [0.3, 0.4) is 0 Å². The van der Waals surface area contributed by atoms with Crippen molar-refractivity contribution in [2.24, 2.45) is 0 Å². The van der Waals surface area contributed by atoms with Crippen LogP contribution in [0.2, 0.25) is 0 Å². The second-order valence-electron chi connectivity index (χ2n) is 5.64. The van der Waals surface area contributed by atoms with E-state index >= 15 is 0 Å². The summed E-state index contributed by atoms with van der Waals surface area (Å²) >= 11 is 0. The molecule has 1 heterocycles. The SMILES string of the molecule is COCCNC(=O)CNCC1CCC2(CCCC2)O1. The number of nitrogens with one attached hydrogen (secondary N) is 2. The van der Waals surface area contributed by atoms with Gasteiger partial charge < -0.3 is 20.1 Å². The van der Waals surface area contributed by atoms with Crippen molar-refractivity contribution < 1.29 is 14.3 Å². The highest BCUT2D eigenvalue weighted by molar-refractivity contribution is 5.77. The zero-order valence-corrected chi connectivity index (χ0v) is 11.9. The maximum absolute atomic E-state index is 11.5. The molecule has 2 rings (SSSR count). The predicted octanol–water partition coefficient (Wildman–Crippen LogP) is 0.830. The van der Waals surface area contributed by atoms with Gasteiger partial charge in [-0.05, 0) is 25.7 Å². The molecular formula is C14H26N2O3. The van der Waals surface area contributed by atoms with Crippen LogP contribution in [-0.2, 0) is 14.3 Å². The molecule has 0 aromatic carbocycles. The maximum atomic E-state index is 11.5. The Morgan fingerprint density at radius 1 is 1.37 bits per heavy atom. The van der Waals surface area contributed by atoms with Crippen molar-refractivity contribution in [2.75, 3.05) is 33.4 Å². The van der Waals surface area contributed by atoms with E-state index in [1.807, 2.05) is 0 Å². The maximum Gasteiger partial charge on any atom is 0.234 e. The van der Waals surface area contributed by atoms with Gasteiger partial charge in [-0.2, -0.15) is 0 Å². The van der Waals surface area contributed by atoms with Crippen molar-refractivity contribution in [2.45, 2.75) is 50.2 Å². The summed E-state index contributed by atoms with van der Waals surface area (Å²) in [6.07, 6.45) is 7.66. The minimum Gasteiger partial charge on any atom is -0.383 e. The van der Waals surface area contributed by atoms with E-state index < -0.39 is 0 Å². The fourth-order valence-corrected chi connectivity index (χ4v) is 3.13. The van der Waals surface area contributed by atoms with Gasteiger partial charge in [0.25, 0.3) is 0 Å². The van der Waals surface area contributed by atoms with Crippen molar-refractivity contribution in [1.82, 2.24) is 10.6 Å². The predicted molar refractivity (Wildman–Crippen MR) is 73.1 cm³/mol. The molecule has 1 aliphatic carbocycles. The first-order valence-corrected chi connectivity index (χ1v) is 7.38. The van der Waals surface area contributed by atoms with Crippen molar-refractivity contribution in [3.63, 3.8) is 0 Å². The number of ether oxygens (including phenoxy) is 2. The van der Waals surface area contributed by atoms with Gasteiger partial charge in [-0.25, -0.2) is 0 Å². The molecular weight excluding hydrogens is 244 g/mol. The van der Waals surface area contributed by atoms with Gasteiger partial charge in [0.2, 0.25) is 5.91 Å². The molecule has 0 radical (unpaired) electrons. The minimum absolute atomic E-state index is 0.0191. The number of carbonyl (C=O) groups excluding carboxylic acids is 1. The number of hydrogen-bond donors (Lipinski definition) is 2. The number of rotatable bonds is 7. The molecule has 2 aliphatic rings. The number of amides is 1. The summed E-state index contributed by atoms with van der Waals surface area (Å²) in [6, 6.07) is 0. The van der Waals surface area contributed by atoms with E-state index in [0.717, 1.165) is 13.0 Å². The van der Waals surface area contributed by atoms with Crippen molar-refractivity contribution >= 4 is 5.91 Å². The Bertz CT molecular complexity index is 290. The largest absolute Gasteiger partial charge is 0.383 e. The van der Waals surface area contributed by atoms with Crippen LogP contribution in [0.15, 0.2) is 0 Å². The van der Waals surface area contributed by atoms with Crippen LogP contribution in [0.1, 0.15) is 38.5 Å². The lowest BCUT2D eigenvalue weighted by molar-refractivity contribution is -0.120. The quantitative estimate of drug-likeness (QED) is 0.673. The van der Waals surface area contributed by atoms with Crippen LogP contribution >= 0.6 is 0 Å². The van der Waals surface area contributed by atoms with E-state index in [0.29, 0.717) is 19.7 Å². The molecule has 5 heteroatoms. The average molecular weight is 270 g/mol. The zero-order chi connectivity index (χ0) is 13.6. The van der Waals surface area contributed by atoms with Gasteiger partial charge in [0, 0.05) is 20.2 Å². The van der Waals surface area contributed by atoms with Crippen LogP contribution in [0.4, 0.5) is 0 Å². The van der Waals surface area contributed by atoms with E-state index in [1.165, 1.54) is 32.1 Å². The molecule has 5 nitrogen and oxygen atoms in total. The summed E-state index contributed by atoms with van der Waals surface area (Å²) in [4.78, 5) is 11.5. The molecule has 1 amide bonds. The standard InChI is InChI=1S/C14H26N2O3/c1-18-9-8-16-13(17)11-15-10-12-4-7-14(19-12)5-2-3-6-14/h12,15H,2-11H2,1H3,(H,16,17). The highest BCUT2D eigenvalue weighted by Crippen LogP contribution is 2.42. The monoisotopic (exact) mass is 270 g/mol. The Morgan fingerprint density at radius 3 is 2.89 bits per heavy atom. The summed E-state index contributed by atoms with van der Waals surface area (Å²) in [5, 5.41) is 5.97. The Labute approximate surface area is 115 Å². The Hall–Kier alpha value is -0.650. The van der Waals surface area contributed by atoms with Gasteiger partial charge in [0.1, 0.15) is 0 Å². The fourth-order valence-electron chi connectivity index (χ4n) is 3.13.